The molecule has 2 N–H and O–H groups in total. The van der Waals surface area contributed by atoms with Crippen LogP contribution in [0.1, 0.15) is 45.4 Å². The highest BCUT2D eigenvalue weighted by molar-refractivity contribution is 5.95. The van der Waals surface area contributed by atoms with Gasteiger partial charge in [0.2, 0.25) is 5.91 Å². The van der Waals surface area contributed by atoms with E-state index in [1.807, 2.05) is 31.2 Å². The molecule has 4 saturated carbocycles. The summed E-state index contributed by atoms with van der Waals surface area (Å²) in [6, 6.07) is 7.54. The Hall–Kier alpha value is -1.55. The Kier molecular flexibility index (Phi) is 3.41. The molecule has 0 spiro atoms. The number of benzene rings is 1. The number of amides is 1. The standard InChI is InChI=1S/C19H25NO3/c1-2-23-16-5-3-15(4-6-16)20-17(21)18-8-13-7-14(9-18)11-19(22,10-13)12-18/h3-6,13-14,22H,2,7-12H2,1H3,(H,20,21)/t13-,14-,18?,19?/m1/s1. The van der Waals surface area contributed by atoms with Crippen LogP contribution in [0.4, 0.5) is 5.69 Å². The van der Waals surface area contributed by atoms with Crippen molar-refractivity contribution in [2.24, 2.45) is 17.3 Å². The van der Waals surface area contributed by atoms with Crippen LogP contribution in [-0.2, 0) is 4.79 Å². The summed E-state index contributed by atoms with van der Waals surface area (Å²) in [5, 5.41) is 13.9. The van der Waals surface area contributed by atoms with Gasteiger partial charge in [-0.1, -0.05) is 0 Å². The molecule has 4 fully saturated rings. The molecule has 23 heavy (non-hydrogen) atoms. The first-order chi connectivity index (χ1) is 11.0. The maximum atomic E-state index is 13.0. The fourth-order valence-corrected chi connectivity index (χ4v) is 5.54. The van der Waals surface area contributed by atoms with E-state index in [0.29, 0.717) is 24.9 Å². The zero-order valence-corrected chi connectivity index (χ0v) is 13.7. The molecule has 4 heteroatoms. The minimum absolute atomic E-state index is 0.0918. The summed E-state index contributed by atoms with van der Waals surface area (Å²) in [4.78, 5) is 13.0. The molecular formula is C19H25NO3. The first kappa shape index (κ1) is 15.0. The van der Waals surface area contributed by atoms with Gasteiger partial charge in [-0.05, 0) is 81.5 Å². The van der Waals surface area contributed by atoms with Gasteiger partial charge in [-0.2, -0.15) is 0 Å². The van der Waals surface area contributed by atoms with Crippen molar-refractivity contribution in [1.29, 1.82) is 0 Å². The van der Waals surface area contributed by atoms with Crippen molar-refractivity contribution in [3.8, 4) is 5.75 Å². The molecule has 0 aliphatic heterocycles. The third kappa shape index (κ3) is 2.63. The largest absolute Gasteiger partial charge is 0.494 e. The van der Waals surface area contributed by atoms with Gasteiger partial charge < -0.3 is 15.2 Å². The van der Waals surface area contributed by atoms with Crippen LogP contribution in [0, 0.1) is 17.3 Å². The zero-order chi connectivity index (χ0) is 16.1. The van der Waals surface area contributed by atoms with Gasteiger partial charge in [0, 0.05) is 5.69 Å². The second-order valence-corrected chi connectivity index (χ2v) is 7.88. The number of hydrogen-bond donors (Lipinski definition) is 2. The van der Waals surface area contributed by atoms with E-state index in [-0.39, 0.29) is 11.3 Å². The monoisotopic (exact) mass is 315 g/mol. The number of rotatable bonds is 4. The van der Waals surface area contributed by atoms with E-state index < -0.39 is 5.60 Å². The molecular weight excluding hydrogens is 290 g/mol. The zero-order valence-electron chi connectivity index (χ0n) is 13.7. The lowest BCUT2D eigenvalue weighted by atomic mass is 9.47. The normalized spacial score (nSPS) is 37.7. The van der Waals surface area contributed by atoms with Gasteiger partial charge in [0.05, 0.1) is 17.6 Å². The Balaban J connectivity index is 1.50. The van der Waals surface area contributed by atoms with Gasteiger partial charge in [0.1, 0.15) is 5.75 Å². The van der Waals surface area contributed by atoms with E-state index in [1.54, 1.807) is 0 Å². The summed E-state index contributed by atoms with van der Waals surface area (Å²) >= 11 is 0. The Morgan fingerprint density at radius 2 is 1.87 bits per heavy atom. The first-order valence-electron chi connectivity index (χ1n) is 8.77. The van der Waals surface area contributed by atoms with Crippen LogP contribution in [0.15, 0.2) is 24.3 Å². The summed E-state index contributed by atoms with van der Waals surface area (Å²) in [5.41, 5.74) is -0.154. The number of nitrogens with one attached hydrogen (secondary N) is 1. The van der Waals surface area contributed by atoms with E-state index >= 15 is 0 Å². The number of anilines is 1. The number of carbonyl (C=O) groups excluding carboxylic acids is 1. The summed E-state index contributed by atoms with van der Waals surface area (Å²) in [7, 11) is 0. The number of ether oxygens (including phenoxy) is 1. The summed E-state index contributed by atoms with van der Waals surface area (Å²) < 4.78 is 5.43. The molecule has 4 aliphatic carbocycles. The van der Waals surface area contributed by atoms with Crippen molar-refractivity contribution in [3.63, 3.8) is 0 Å². The van der Waals surface area contributed by atoms with Crippen LogP contribution in [0.2, 0.25) is 0 Å². The molecule has 1 aromatic rings. The van der Waals surface area contributed by atoms with Crippen molar-refractivity contribution in [1.82, 2.24) is 0 Å². The summed E-state index contributed by atoms with van der Waals surface area (Å²) in [6.07, 6.45) is 5.49. The topological polar surface area (TPSA) is 58.6 Å². The Labute approximate surface area is 137 Å². The van der Waals surface area contributed by atoms with Crippen LogP contribution < -0.4 is 10.1 Å². The van der Waals surface area contributed by atoms with Gasteiger partial charge in [0.25, 0.3) is 0 Å². The third-order valence-corrected chi connectivity index (χ3v) is 5.94. The van der Waals surface area contributed by atoms with Crippen LogP contribution in [-0.4, -0.2) is 23.2 Å². The van der Waals surface area contributed by atoms with E-state index in [9.17, 15) is 9.90 Å². The average Bonchev–Trinajstić information content (AvgIpc) is 2.47. The maximum Gasteiger partial charge on any atom is 0.230 e. The number of aliphatic hydroxyl groups is 1. The van der Waals surface area contributed by atoms with Crippen LogP contribution in [0.3, 0.4) is 0 Å². The second-order valence-electron chi connectivity index (χ2n) is 7.88. The van der Waals surface area contributed by atoms with Gasteiger partial charge in [-0.3, -0.25) is 4.79 Å². The Morgan fingerprint density at radius 3 is 2.43 bits per heavy atom. The van der Waals surface area contributed by atoms with Gasteiger partial charge in [-0.15, -0.1) is 0 Å². The minimum Gasteiger partial charge on any atom is -0.494 e. The van der Waals surface area contributed by atoms with E-state index in [4.69, 9.17) is 4.74 Å². The van der Waals surface area contributed by atoms with Crippen molar-refractivity contribution in [2.75, 3.05) is 11.9 Å². The summed E-state index contributed by atoms with van der Waals surface area (Å²) in [6.45, 7) is 2.59. The smallest absolute Gasteiger partial charge is 0.230 e. The van der Waals surface area contributed by atoms with Crippen molar-refractivity contribution in [3.05, 3.63) is 24.3 Å². The number of hydrogen-bond acceptors (Lipinski definition) is 3. The highest BCUT2D eigenvalue weighted by Gasteiger charge is 2.60. The SMILES string of the molecule is CCOc1ccc(NC(=O)C23C[C@H]4C[C@@H](CC(O)(C4)C2)C3)cc1. The molecule has 5 rings (SSSR count). The molecule has 0 heterocycles. The van der Waals surface area contributed by atoms with Gasteiger partial charge in [0.15, 0.2) is 0 Å². The van der Waals surface area contributed by atoms with Crippen molar-refractivity contribution in [2.45, 2.75) is 51.0 Å². The second kappa shape index (κ2) is 5.23. The van der Waals surface area contributed by atoms with Crippen LogP contribution in [0.25, 0.3) is 0 Å². The minimum atomic E-state index is -0.597. The molecule has 4 bridgehead atoms. The Bertz CT molecular complexity index is 596. The molecule has 0 radical (unpaired) electrons. The fourth-order valence-electron chi connectivity index (χ4n) is 5.54. The predicted octanol–water partition coefficient (Wildman–Crippen LogP) is 3.36. The molecule has 4 nitrogen and oxygen atoms in total. The predicted molar refractivity (Wildman–Crippen MR) is 88.3 cm³/mol. The lowest BCUT2D eigenvalue weighted by Crippen LogP contribution is -2.59. The van der Waals surface area contributed by atoms with E-state index in [2.05, 4.69) is 5.32 Å². The molecule has 0 unspecified atom stereocenters. The van der Waals surface area contributed by atoms with Gasteiger partial charge in [-0.25, -0.2) is 0 Å². The maximum absolute atomic E-state index is 13.0. The fraction of sp³-hybridized carbons (Fsp3) is 0.632. The molecule has 1 aromatic carbocycles. The third-order valence-electron chi connectivity index (χ3n) is 5.94. The van der Waals surface area contributed by atoms with E-state index in [0.717, 1.165) is 37.1 Å². The first-order valence-corrected chi connectivity index (χ1v) is 8.77. The quantitative estimate of drug-likeness (QED) is 0.896. The highest BCUT2D eigenvalue weighted by atomic mass is 16.5. The number of carbonyl (C=O) groups is 1. The lowest BCUT2D eigenvalue weighted by molar-refractivity contribution is -0.174. The van der Waals surface area contributed by atoms with Crippen molar-refractivity contribution < 1.29 is 14.6 Å². The molecule has 4 aliphatic rings. The van der Waals surface area contributed by atoms with Crippen molar-refractivity contribution >= 4 is 11.6 Å². The van der Waals surface area contributed by atoms with Crippen LogP contribution in [0.5, 0.6) is 5.75 Å². The highest BCUT2D eigenvalue weighted by Crippen LogP contribution is 2.61. The van der Waals surface area contributed by atoms with Gasteiger partial charge >= 0.3 is 0 Å². The molecule has 124 valence electrons. The van der Waals surface area contributed by atoms with Crippen LogP contribution >= 0.6 is 0 Å². The van der Waals surface area contributed by atoms with E-state index in [1.165, 1.54) is 6.42 Å². The average molecular weight is 315 g/mol. The summed E-state index contributed by atoms with van der Waals surface area (Å²) in [5.74, 6) is 1.95. The molecule has 1 amide bonds. The lowest BCUT2D eigenvalue weighted by Gasteiger charge is -2.59. The Morgan fingerprint density at radius 1 is 1.22 bits per heavy atom. The molecule has 0 saturated heterocycles. The molecule has 2 atom stereocenters. The molecule has 0 aromatic heterocycles.